The van der Waals surface area contributed by atoms with Crippen LogP contribution in [0, 0.1) is 0 Å². The Labute approximate surface area is 144 Å². The molecule has 24 heavy (non-hydrogen) atoms. The minimum Gasteiger partial charge on any atom is -0.361 e. The fourth-order valence-electron chi connectivity index (χ4n) is 3.22. The second kappa shape index (κ2) is 6.36. The fourth-order valence-corrected chi connectivity index (χ4v) is 4.34. The van der Waals surface area contributed by atoms with Gasteiger partial charge in [0.05, 0.1) is 16.3 Å². The van der Waals surface area contributed by atoms with E-state index in [1.165, 1.54) is 4.70 Å². The van der Waals surface area contributed by atoms with Gasteiger partial charge in [-0.2, -0.15) is 0 Å². The van der Waals surface area contributed by atoms with Crippen LogP contribution < -0.4 is 0 Å². The minimum absolute atomic E-state index is 0.0428. The van der Waals surface area contributed by atoms with Gasteiger partial charge in [-0.15, -0.1) is 11.3 Å². The number of fused-ring (bicyclic) bond motifs is 1. The Balaban J connectivity index is 1.60. The van der Waals surface area contributed by atoms with Crippen LogP contribution in [0.5, 0.6) is 0 Å². The van der Waals surface area contributed by atoms with Crippen LogP contribution in [0.1, 0.15) is 53.5 Å². The van der Waals surface area contributed by atoms with E-state index in [1.54, 1.807) is 17.4 Å². The average molecular weight is 341 g/mol. The Morgan fingerprint density at radius 1 is 1.42 bits per heavy atom. The summed E-state index contributed by atoms with van der Waals surface area (Å²) < 4.78 is 6.43. The lowest BCUT2D eigenvalue weighted by Gasteiger charge is -2.21. The van der Waals surface area contributed by atoms with E-state index >= 15 is 0 Å². The van der Waals surface area contributed by atoms with Crippen molar-refractivity contribution in [3.8, 4) is 0 Å². The van der Waals surface area contributed by atoms with Crippen LogP contribution in [0.2, 0.25) is 0 Å². The molecular formula is C18H19N3O2S. The number of hydrogen-bond acceptors (Lipinski definition) is 5. The summed E-state index contributed by atoms with van der Waals surface area (Å²) >= 11 is 1.68. The van der Waals surface area contributed by atoms with Crippen LogP contribution in [0.15, 0.2) is 34.9 Å². The fraction of sp³-hybridized carbons (Fsp3) is 0.389. The first-order valence-corrected chi connectivity index (χ1v) is 9.20. The standard InChI is InChI=1S/C18H19N3O2S/c1-2-6-12-11-14(20-23-12)18(22)21-10-5-8-15(21)17-19-13-7-3-4-9-16(13)24-17/h3-4,7,9,11,15H,2,5-6,8,10H2,1H3/t15-/m1/s1. The number of para-hydroxylation sites is 1. The molecule has 0 radical (unpaired) electrons. The van der Waals surface area contributed by atoms with Crippen molar-refractivity contribution in [3.05, 3.63) is 46.8 Å². The third-order valence-corrected chi connectivity index (χ3v) is 5.52. The summed E-state index contributed by atoms with van der Waals surface area (Å²) in [6, 6.07) is 9.93. The molecule has 1 atom stereocenters. The molecule has 3 heterocycles. The predicted octanol–water partition coefficient (Wildman–Crippen LogP) is 4.21. The monoisotopic (exact) mass is 341 g/mol. The lowest BCUT2D eigenvalue weighted by atomic mass is 10.2. The molecule has 124 valence electrons. The molecule has 2 aromatic heterocycles. The van der Waals surface area contributed by atoms with Crippen molar-refractivity contribution >= 4 is 27.5 Å². The SMILES string of the molecule is CCCc1cc(C(=O)N2CCC[C@@H]2c2nc3ccccc3s2)no1. The van der Waals surface area contributed by atoms with Gasteiger partial charge < -0.3 is 9.42 Å². The van der Waals surface area contributed by atoms with Crippen LogP contribution >= 0.6 is 11.3 Å². The van der Waals surface area contributed by atoms with E-state index in [0.717, 1.165) is 48.5 Å². The lowest BCUT2D eigenvalue weighted by Crippen LogP contribution is -2.30. The highest BCUT2D eigenvalue weighted by Gasteiger charge is 2.34. The number of amides is 1. The summed E-state index contributed by atoms with van der Waals surface area (Å²) in [7, 11) is 0. The van der Waals surface area contributed by atoms with Crippen molar-refractivity contribution < 1.29 is 9.32 Å². The highest BCUT2D eigenvalue weighted by atomic mass is 32.1. The maximum atomic E-state index is 12.8. The first-order valence-electron chi connectivity index (χ1n) is 8.38. The van der Waals surface area contributed by atoms with E-state index in [4.69, 9.17) is 9.51 Å². The zero-order chi connectivity index (χ0) is 16.5. The number of rotatable bonds is 4. The number of hydrogen-bond donors (Lipinski definition) is 0. The third kappa shape index (κ3) is 2.71. The minimum atomic E-state index is -0.0529. The van der Waals surface area contributed by atoms with Gasteiger partial charge in [0.15, 0.2) is 5.69 Å². The molecule has 1 fully saturated rings. The molecule has 0 saturated carbocycles. The van der Waals surface area contributed by atoms with Crippen molar-refractivity contribution in [3.63, 3.8) is 0 Å². The molecule has 0 bridgehead atoms. The third-order valence-electron chi connectivity index (χ3n) is 4.38. The number of carbonyl (C=O) groups is 1. The predicted molar refractivity (Wildman–Crippen MR) is 93.1 cm³/mol. The van der Waals surface area contributed by atoms with Crippen molar-refractivity contribution in [2.24, 2.45) is 0 Å². The molecular weight excluding hydrogens is 322 g/mol. The molecule has 1 amide bonds. The smallest absolute Gasteiger partial charge is 0.276 e. The maximum Gasteiger partial charge on any atom is 0.276 e. The van der Waals surface area contributed by atoms with E-state index in [-0.39, 0.29) is 11.9 Å². The molecule has 6 heteroatoms. The van der Waals surface area contributed by atoms with Crippen LogP contribution in [-0.4, -0.2) is 27.5 Å². The summed E-state index contributed by atoms with van der Waals surface area (Å²) in [5.74, 6) is 0.722. The van der Waals surface area contributed by atoms with Crippen molar-refractivity contribution in [2.45, 2.75) is 38.6 Å². The van der Waals surface area contributed by atoms with Crippen LogP contribution in [0.3, 0.4) is 0 Å². The van der Waals surface area contributed by atoms with Crippen LogP contribution in [-0.2, 0) is 6.42 Å². The second-order valence-electron chi connectivity index (χ2n) is 6.10. The number of aromatic nitrogens is 2. The zero-order valence-electron chi connectivity index (χ0n) is 13.6. The quantitative estimate of drug-likeness (QED) is 0.713. The Morgan fingerprint density at radius 3 is 3.12 bits per heavy atom. The Bertz CT molecular complexity index is 837. The molecule has 0 aliphatic carbocycles. The van der Waals surface area contributed by atoms with E-state index in [1.807, 2.05) is 23.1 Å². The molecule has 0 unspecified atom stereocenters. The number of thiazole rings is 1. The summed E-state index contributed by atoms with van der Waals surface area (Å²) in [5, 5.41) is 4.98. The van der Waals surface area contributed by atoms with Gasteiger partial charge in [-0.05, 0) is 31.4 Å². The van der Waals surface area contributed by atoms with E-state index in [9.17, 15) is 4.79 Å². The van der Waals surface area contributed by atoms with E-state index in [0.29, 0.717) is 5.69 Å². The number of nitrogens with zero attached hydrogens (tertiary/aromatic N) is 3. The number of likely N-dealkylation sites (tertiary alicyclic amines) is 1. The van der Waals surface area contributed by atoms with Gasteiger partial charge in [0.25, 0.3) is 5.91 Å². The lowest BCUT2D eigenvalue weighted by molar-refractivity contribution is 0.0725. The highest BCUT2D eigenvalue weighted by molar-refractivity contribution is 7.18. The molecule has 1 aliphatic heterocycles. The largest absolute Gasteiger partial charge is 0.361 e. The summed E-state index contributed by atoms with van der Waals surface area (Å²) in [4.78, 5) is 19.5. The molecule has 3 aromatic rings. The maximum absolute atomic E-state index is 12.8. The van der Waals surface area contributed by atoms with Gasteiger partial charge in [-0.25, -0.2) is 4.98 Å². The van der Waals surface area contributed by atoms with Crippen LogP contribution in [0.4, 0.5) is 0 Å². The number of aryl methyl sites for hydroxylation is 1. The van der Waals surface area contributed by atoms with Gasteiger partial charge in [0.2, 0.25) is 0 Å². The first kappa shape index (κ1) is 15.3. The molecule has 5 nitrogen and oxygen atoms in total. The normalized spacial score (nSPS) is 17.7. The molecule has 4 rings (SSSR count). The molecule has 0 N–H and O–H groups in total. The molecule has 1 aliphatic rings. The average Bonchev–Trinajstić information content (AvgIpc) is 3.32. The molecule has 1 aromatic carbocycles. The summed E-state index contributed by atoms with van der Waals surface area (Å²) in [6.07, 6.45) is 3.72. The summed E-state index contributed by atoms with van der Waals surface area (Å²) in [6.45, 7) is 2.82. The summed E-state index contributed by atoms with van der Waals surface area (Å²) in [5.41, 5.74) is 1.41. The van der Waals surface area contributed by atoms with Gasteiger partial charge in [0, 0.05) is 19.0 Å². The Hall–Kier alpha value is -2.21. The topological polar surface area (TPSA) is 59.2 Å². The van der Waals surface area contributed by atoms with E-state index in [2.05, 4.69) is 18.1 Å². The number of carbonyl (C=O) groups excluding carboxylic acids is 1. The molecule has 1 saturated heterocycles. The highest BCUT2D eigenvalue weighted by Crippen LogP contribution is 2.37. The number of benzene rings is 1. The molecule has 0 spiro atoms. The van der Waals surface area contributed by atoms with Gasteiger partial charge in [0.1, 0.15) is 10.8 Å². The van der Waals surface area contributed by atoms with Crippen LogP contribution in [0.25, 0.3) is 10.2 Å². The first-order chi connectivity index (χ1) is 11.8. The second-order valence-corrected chi connectivity index (χ2v) is 7.17. The van der Waals surface area contributed by atoms with Crippen molar-refractivity contribution in [1.29, 1.82) is 0 Å². The Kier molecular flexibility index (Phi) is 4.06. The van der Waals surface area contributed by atoms with Gasteiger partial charge in [-0.1, -0.05) is 24.2 Å². The van der Waals surface area contributed by atoms with E-state index < -0.39 is 0 Å². The van der Waals surface area contributed by atoms with Gasteiger partial charge in [-0.3, -0.25) is 4.79 Å². The zero-order valence-corrected chi connectivity index (χ0v) is 14.4. The van der Waals surface area contributed by atoms with Crippen molar-refractivity contribution in [1.82, 2.24) is 15.0 Å². The Morgan fingerprint density at radius 2 is 2.29 bits per heavy atom. The van der Waals surface area contributed by atoms with Crippen molar-refractivity contribution in [2.75, 3.05) is 6.54 Å². The van der Waals surface area contributed by atoms with Gasteiger partial charge >= 0.3 is 0 Å².